The van der Waals surface area contributed by atoms with Gasteiger partial charge in [0.25, 0.3) is 0 Å². The molecule has 1 aliphatic rings. The summed E-state index contributed by atoms with van der Waals surface area (Å²) in [6.07, 6.45) is 5.07. The molecule has 1 aromatic heterocycles. The first kappa shape index (κ1) is 11.3. The molecule has 1 unspecified atom stereocenters. The third-order valence-corrected chi connectivity index (χ3v) is 3.53. The number of imidazole rings is 1. The average molecular weight is 242 g/mol. The molecule has 0 spiro atoms. The van der Waals surface area contributed by atoms with Crippen LogP contribution in [0, 0.1) is 0 Å². The minimum absolute atomic E-state index is 0.575. The molecular formula is C14H18N4. The summed E-state index contributed by atoms with van der Waals surface area (Å²) in [5.41, 5.74) is 1.16. The fraction of sp³-hybridized carbons (Fsp3) is 0.357. The molecule has 4 heteroatoms. The molecule has 0 bridgehead atoms. The van der Waals surface area contributed by atoms with Gasteiger partial charge in [-0.15, -0.1) is 0 Å². The van der Waals surface area contributed by atoms with Gasteiger partial charge in [0.05, 0.1) is 0 Å². The zero-order valence-electron chi connectivity index (χ0n) is 10.6. The molecule has 0 amide bonds. The fourth-order valence-corrected chi connectivity index (χ4v) is 2.50. The maximum Gasteiger partial charge on any atom is 0.210 e. The Balaban J connectivity index is 1.89. The van der Waals surface area contributed by atoms with Crippen LogP contribution in [0.1, 0.15) is 6.42 Å². The molecule has 1 N–H and O–H groups in total. The Morgan fingerprint density at radius 2 is 2.11 bits per heavy atom. The van der Waals surface area contributed by atoms with Gasteiger partial charge in [-0.2, -0.15) is 0 Å². The van der Waals surface area contributed by atoms with Crippen LogP contribution in [0.25, 0.3) is 5.69 Å². The van der Waals surface area contributed by atoms with Crippen LogP contribution in [-0.4, -0.2) is 35.7 Å². The van der Waals surface area contributed by atoms with Crippen molar-refractivity contribution in [2.45, 2.75) is 12.5 Å². The van der Waals surface area contributed by atoms with E-state index in [0.29, 0.717) is 6.04 Å². The van der Waals surface area contributed by atoms with Gasteiger partial charge in [0, 0.05) is 37.2 Å². The molecule has 18 heavy (non-hydrogen) atoms. The van der Waals surface area contributed by atoms with Gasteiger partial charge in [0.15, 0.2) is 0 Å². The topological polar surface area (TPSA) is 33.1 Å². The van der Waals surface area contributed by atoms with Crippen LogP contribution >= 0.6 is 0 Å². The van der Waals surface area contributed by atoms with Crippen molar-refractivity contribution in [3.05, 3.63) is 42.7 Å². The molecule has 2 heterocycles. The lowest BCUT2D eigenvalue weighted by Crippen LogP contribution is -2.30. The molecule has 1 aromatic carbocycles. The molecule has 0 radical (unpaired) electrons. The lowest BCUT2D eigenvalue weighted by Gasteiger charge is -2.19. The third-order valence-electron chi connectivity index (χ3n) is 3.53. The molecule has 1 atom stereocenters. The van der Waals surface area contributed by atoms with Gasteiger partial charge in [0.2, 0.25) is 5.95 Å². The summed E-state index contributed by atoms with van der Waals surface area (Å²) in [4.78, 5) is 6.85. The summed E-state index contributed by atoms with van der Waals surface area (Å²) in [7, 11) is 2.03. The summed E-state index contributed by atoms with van der Waals surface area (Å²) < 4.78 is 2.15. The van der Waals surface area contributed by atoms with Crippen molar-refractivity contribution in [3.63, 3.8) is 0 Å². The Labute approximate surface area is 107 Å². The predicted octanol–water partition coefficient (Wildman–Crippen LogP) is 1.67. The van der Waals surface area contributed by atoms with Crippen LogP contribution in [0.3, 0.4) is 0 Å². The Kier molecular flexibility index (Phi) is 3.02. The highest BCUT2D eigenvalue weighted by Gasteiger charge is 2.24. The van der Waals surface area contributed by atoms with E-state index in [2.05, 4.69) is 44.0 Å². The molecule has 2 aromatic rings. The summed E-state index contributed by atoms with van der Waals surface area (Å²) in [6, 6.07) is 10.9. The molecule has 3 rings (SSSR count). The molecule has 1 saturated heterocycles. The first-order valence-electron chi connectivity index (χ1n) is 6.39. The van der Waals surface area contributed by atoms with Gasteiger partial charge in [-0.3, -0.25) is 4.57 Å². The van der Waals surface area contributed by atoms with Gasteiger partial charge >= 0.3 is 0 Å². The first-order valence-corrected chi connectivity index (χ1v) is 6.39. The minimum atomic E-state index is 0.575. The van der Waals surface area contributed by atoms with E-state index in [-0.39, 0.29) is 0 Å². The Morgan fingerprint density at radius 1 is 1.28 bits per heavy atom. The van der Waals surface area contributed by atoms with E-state index in [1.807, 2.05) is 25.5 Å². The summed E-state index contributed by atoms with van der Waals surface area (Å²) >= 11 is 0. The predicted molar refractivity (Wildman–Crippen MR) is 73.2 cm³/mol. The van der Waals surface area contributed by atoms with E-state index in [1.54, 1.807) is 0 Å². The molecule has 1 fully saturated rings. The first-order chi connectivity index (χ1) is 8.88. The van der Waals surface area contributed by atoms with Gasteiger partial charge in [-0.25, -0.2) is 4.98 Å². The quantitative estimate of drug-likeness (QED) is 0.889. The normalized spacial score (nSPS) is 19.4. The summed E-state index contributed by atoms with van der Waals surface area (Å²) in [6.45, 7) is 2.09. The van der Waals surface area contributed by atoms with Crippen LogP contribution in [0.2, 0.25) is 0 Å². The van der Waals surface area contributed by atoms with Crippen LogP contribution in [0.15, 0.2) is 42.7 Å². The fourth-order valence-electron chi connectivity index (χ4n) is 2.50. The number of nitrogens with zero attached hydrogens (tertiary/aromatic N) is 3. The smallest absolute Gasteiger partial charge is 0.210 e. The number of anilines is 1. The Hall–Kier alpha value is -1.81. The van der Waals surface area contributed by atoms with Gasteiger partial charge in [0.1, 0.15) is 0 Å². The standard InChI is InChI=1S/C14H18N4/c1-15-12-7-9-17(11-12)14-16-8-10-18(14)13-5-3-2-4-6-13/h2-6,8,10,12,15H,7,9,11H2,1H3. The van der Waals surface area contributed by atoms with Gasteiger partial charge in [-0.1, -0.05) is 18.2 Å². The number of para-hydroxylation sites is 1. The maximum atomic E-state index is 4.50. The van der Waals surface area contributed by atoms with Crippen molar-refractivity contribution < 1.29 is 0 Å². The van der Waals surface area contributed by atoms with E-state index in [4.69, 9.17) is 0 Å². The number of nitrogens with one attached hydrogen (secondary N) is 1. The van der Waals surface area contributed by atoms with Crippen LogP contribution in [0.4, 0.5) is 5.95 Å². The number of rotatable bonds is 3. The zero-order valence-corrected chi connectivity index (χ0v) is 10.6. The highest BCUT2D eigenvalue weighted by atomic mass is 15.3. The van der Waals surface area contributed by atoms with Crippen molar-refractivity contribution in [1.82, 2.24) is 14.9 Å². The number of benzene rings is 1. The van der Waals surface area contributed by atoms with E-state index < -0.39 is 0 Å². The lowest BCUT2D eigenvalue weighted by molar-refractivity contribution is 0.616. The minimum Gasteiger partial charge on any atom is -0.340 e. The molecule has 4 nitrogen and oxygen atoms in total. The highest BCUT2D eigenvalue weighted by molar-refractivity contribution is 5.44. The van der Waals surface area contributed by atoms with E-state index in [0.717, 1.165) is 24.7 Å². The Morgan fingerprint density at radius 3 is 2.83 bits per heavy atom. The van der Waals surface area contributed by atoms with Crippen LogP contribution in [0.5, 0.6) is 0 Å². The average Bonchev–Trinajstić information content (AvgIpc) is 3.08. The summed E-state index contributed by atoms with van der Waals surface area (Å²) in [5.74, 6) is 1.04. The SMILES string of the molecule is CNC1CCN(c2nccn2-c2ccccc2)C1. The lowest BCUT2D eigenvalue weighted by atomic mass is 10.3. The largest absolute Gasteiger partial charge is 0.340 e. The second-order valence-corrected chi connectivity index (χ2v) is 4.65. The van der Waals surface area contributed by atoms with Crippen LogP contribution < -0.4 is 10.2 Å². The van der Waals surface area contributed by atoms with E-state index >= 15 is 0 Å². The third kappa shape index (κ3) is 1.99. The maximum absolute atomic E-state index is 4.50. The number of hydrogen-bond donors (Lipinski definition) is 1. The van der Waals surface area contributed by atoms with Crippen molar-refractivity contribution in [2.75, 3.05) is 25.0 Å². The van der Waals surface area contributed by atoms with Crippen molar-refractivity contribution in [2.24, 2.45) is 0 Å². The monoisotopic (exact) mass is 242 g/mol. The summed E-state index contributed by atoms with van der Waals surface area (Å²) in [5, 5.41) is 3.34. The highest BCUT2D eigenvalue weighted by Crippen LogP contribution is 2.21. The molecule has 94 valence electrons. The molecule has 0 aliphatic carbocycles. The van der Waals surface area contributed by atoms with E-state index in [9.17, 15) is 0 Å². The van der Waals surface area contributed by atoms with Gasteiger partial charge < -0.3 is 10.2 Å². The number of aromatic nitrogens is 2. The Bertz CT molecular complexity index is 506. The number of likely N-dealkylation sites (N-methyl/N-ethyl adjacent to an activating group) is 1. The second-order valence-electron chi connectivity index (χ2n) is 4.65. The molecular weight excluding hydrogens is 224 g/mol. The van der Waals surface area contributed by atoms with Crippen molar-refractivity contribution in [3.8, 4) is 5.69 Å². The second kappa shape index (κ2) is 4.82. The van der Waals surface area contributed by atoms with Gasteiger partial charge in [-0.05, 0) is 25.6 Å². The van der Waals surface area contributed by atoms with E-state index in [1.165, 1.54) is 6.42 Å². The van der Waals surface area contributed by atoms with Crippen molar-refractivity contribution >= 4 is 5.95 Å². The zero-order chi connectivity index (χ0) is 12.4. The molecule has 1 aliphatic heterocycles. The van der Waals surface area contributed by atoms with Crippen molar-refractivity contribution in [1.29, 1.82) is 0 Å². The van der Waals surface area contributed by atoms with Crippen LogP contribution in [-0.2, 0) is 0 Å². The molecule has 0 saturated carbocycles. The number of hydrogen-bond acceptors (Lipinski definition) is 3.